The number of benzene rings is 1. The van der Waals surface area contributed by atoms with E-state index in [1.54, 1.807) is 0 Å². The van der Waals surface area contributed by atoms with Crippen molar-refractivity contribution in [3.63, 3.8) is 0 Å². The molecule has 0 aromatic heterocycles. The molecule has 0 spiro atoms. The van der Waals surface area contributed by atoms with Crippen LogP contribution in [0, 0.1) is 28.6 Å². The van der Waals surface area contributed by atoms with Crippen LogP contribution < -0.4 is 5.73 Å². The van der Waals surface area contributed by atoms with Crippen LogP contribution in [-0.4, -0.2) is 0 Å². The van der Waals surface area contributed by atoms with Crippen molar-refractivity contribution in [2.24, 2.45) is 11.7 Å². The van der Waals surface area contributed by atoms with E-state index in [-0.39, 0.29) is 5.92 Å². The molecule has 3 nitrogen and oxygen atoms in total. The molecule has 3 rings (SSSR count). The average molecular weight is 331 g/mol. The maximum absolute atomic E-state index is 9.81. The zero-order valence-corrected chi connectivity index (χ0v) is 15.0. The second-order valence-corrected chi connectivity index (χ2v) is 7.41. The highest BCUT2D eigenvalue weighted by Gasteiger charge is 2.37. The third-order valence-electron chi connectivity index (χ3n) is 5.61. The first kappa shape index (κ1) is 17.3. The summed E-state index contributed by atoms with van der Waals surface area (Å²) >= 11 is 0. The summed E-state index contributed by atoms with van der Waals surface area (Å²) in [7, 11) is 0. The molecule has 0 heterocycles. The molecule has 0 bridgehead atoms. The number of nitrogens with two attached hydrogens (primary N) is 1. The fourth-order valence-corrected chi connectivity index (χ4v) is 4.20. The van der Waals surface area contributed by atoms with E-state index < -0.39 is 5.92 Å². The fraction of sp³-hybridized carbons (Fsp3) is 0.455. The Morgan fingerprint density at radius 1 is 1.04 bits per heavy atom. The Morgan fingerprint density at radius 2 is 1.72 bits per heavy atom. The van der Waals surface area contributed by atoms with E-state index in [4.69, 9.17) is 5.73 Å². The molecule has 25 heavy (non-hydrogen) atoms. The maximum atomic E-state index is 9.81. The van der Waals surface area contributed by atoms with E-state index in [1.807, 2.05) is 0 Å². The normalized spacial score (nSPS) is 23.7. The van der Waals surface area contributed by atoms with Crippen molar-refractivity contribution < 1.29 is 0 Å². The van der Waals surface area contributed by atoms with Gasteiger partial charge in [0.25, 0.3) is 0 Å². The second-order valence-electron chi connectivity index (χ2n) is 7.41. The van der Waals surface area contributed by atoms with Gasteiger partial charge >= 0.3 is 0 Å². The van der Waals surface area contributed by atoms with Gasteiger partial charge in [0.15, 0.2) is 0 Å². The molecule has 1 aromatic rings. The number of allylic oxidation sites excluding steroid dienone is 4. The molecule has 2 aliphatic carbocycles. The molecule has 2 atom stereocenters. The lowest BCUT2D eigenvalue weighted by atomic mass is 9.70. The van der Waals surface area contributed by atoms with Crippen LogP contribution >= 0.6 is 0 Å². The highest BCUT2D eigenvalue weighted by molar-refractivity contribution is 5.56. The smallest absolute Gasteiger partial charge is 0.101 e. The summed E-state index contributed by atoms with van der Waals surface area (Å²) in [5.41, 5.74) is 12.2. The molecule has 0 aliphatic heterocycles. The molecule has 0 saturated carbocycles. The lowest BCUT2D eigenvalue weighted by Crippen LogP contribution is -2.27. The van der Waals surface area contributed by atoms with E-state index >= 15 is 0 Å². The molecule has 1 aromatic carbocycles. The van der Waals surface area contributed by atoms with Crippen LogP contribution in [0.1, 0.15) is 68.9 Å². The topological polar surface area (TPSA) is 73.6 Å². The summed E-state index contributed by atoms with van der Waals surface area (Å²) in [6, 6.07) is 13.3. The van der Waals surface area contributed by atoms with Crippen LogP contribution in [0.5, 0.6) is 0 Å². The Morgan fingerprint density at radius 3 is 2.32 bits per heavy atom. The molecule has 2 N–H and O–H groups in total. The minimum Gasteiger partial charge on any atom is -0.400 e. The van der Waals surface area contributed by atoms with Crippen molar-refractivity contribution in [3.05, 3.63) is 57.8 Å². The van der Waals surface area contributed by atoms with Gasteiger partial charge in [-0.05, 0) is 48.3 Å². The molecular formula is C22H25N3. The molecular weight excluding hydrogens is 306 g/mol. The zero-order valence-electron chi connectivity index (χ0n) is 15.0. The summed E-state index contributed by atoms with van der Waals surface area (Å²) in [5, 5.41) is 19.4. The van der Waals surface area contributed by atoms with Crippen molar-refractivity contribution in [1.82, 2.24) is 0 Å². The Kier molecular flexibility index (Phi) is 4.95. The molecule has 128 valence electrons. The Labute approximate surface area is 150 Å². The first-order valence-electron chi connectivity index (χ1n) is 9.20. The highest BCUT2D eigenvalue weighted by atomic mass is 14.6. The van der Waals surface area contributed by atoms with Gasteiger partial charge < -0.3 is 5.73 Å². The number of hydrogen-bond acceptors (Lipinski definition) is 3. The number of rotatable bonds is 2. The lowest BCUT2D eigenvalue weighted by molar-refractivity contribution is 0.592. The SMILES string of the molecule is CC(C)c1ccc([C@H]2C3=C(CCCCC3)C(C#N)=C(N)[C@@H]2C#N)cc1. The first-order chi connectivity index (χ1) is 12.1. The summed E-state index contributed by atoms with van der Waals surface area (Å²) in [4.78, 5) is 0. The Hall–Kier alpha value is -2.52. The van der Waals surface area contributed by atoms with Gasteiger partial charge in [-0.1, -0.05) is 50.1 Å². The van der Waals surface area contributed by atoms with E-state index in [2.05, 4.69) is 50.3 Å². The predicted octanol–water partition coefficient (Wildman–Crippen LogP) is 5.04. The largest absolute Gasteiger partial charge is 0.400 e. The third-order valence-corrected chi connectivity index (χ3v) is 5.61. The van der Waals surface area contributed by atoms with Crippen molar-refractivity contribution in [3.8, 4) is 12.1 Å². The van der Waals surface area contributed by atoms with Gasteiger partial charge in [0, 0.05) is 11.6 Å². The highest BCUT2D eigenvalue weighted by Crippen LogP contribution is 2.47. The van der Waals surface area contributed by atoms with E-state index in [1.165, 1.54) is 17.6 Å². The van der Waals surface area contributed by atoms with Crippen LogP contribution in [0.15, 0.2) is 46.7 Å². The van der Waals surface area contributed by atoms with E-state index in [9.17, 15) is 10.5 Å². The van der Waals surface area contributed by atoms with E-state index in [0.29, 0.717) is 17.2 Å². The Bertz CT molecular complexity index is 797. The molecule has 0 amide bonds. The van der Waals surface area contributed by atoms with Gasteiger partial charge in [-0.2, -0.15) is 10.5 Å². The molecule has 0 saturated heterocycles. The van der Waals surface area contributed by atoms with Crippen LogP contribution in [-0.2, 0) is 0 Å². The molecule has 0 fully saturated rings. The van der Waals surface area contributed by atoms with Gasteiger partial charge in [-0.3, -0.25) is 0 Å². The molecule has 2 aliphatic rings. The average Bonchev–Trinajstić information content (AvgIpc) is 2.86. The lowest BCUT2D eigenvalue weighted by Gasteiger charge is -2.33. The zero-order chi connectivity index (χ0) is 18.0. The summed E-state index contributed by atoms with van der Waals surface area (Å²) in [6.45, 7) is 4.36. The quantitative estimate of drug-likeness (QED) is 0.824. The van der Waals surface area contributed by atoms with E-state index in [0.717, 1.165) is 36.8 Å². The summed E-state index contributed by atoms with van der Waals surface area (Å²) in [6.07, 6.45) is 5.24. The Balaban J connectivity index is 2.13. The minimum atomic E-state index is -0.448. The van der Waals surface area contributed by atoms with Gasteiger partial charge in [0.05, 0.1) is 17.6 Å². The number of nitriles is 2. The maximum Gasteiger partial charge on any atom is 0.101 e. The molecule has 3 heteroatoms. The van der Waals surface area contributed by atoms with Crippen molar-refractivity contribution in [2.75, 3.05) is 0 Å². The standard InChI is InChI=1S/C22H25N3/c1-14(2)15-8-10-16(11-9-15)21-18-7-5-3-4-6-17(18)19(12-23)22(25)20(21)13-24/h8-11,14,20-21H,3-7,25H2,1-2H3/t20-,21+/m1/s1. The number of hydrogen-bond donors (Lipinski definition) is 1. The number of nitrogens with zero attached hydrogens (tertiary/aromatic N) is 2. The van der Waals surface area contributed by atoms with Crippen LogP contribution in [0.4, 0.5) is 0 Å². The van der Waals surface area contributed by atoms with Crippen LogP contribution in [0.3, 0.4) is 0 Å². The van der Waals surface area contributed by atoms with Crippen LogP contribution in [0.25, 0.3) is 0 Å². The van der Waals surface area contributed by atoms with Crippen LogP contribution in [0.2, 0.25) is 0 Å². The fourth-order valence-electron chi connectivity index (χ4n) is 4.20. The van der Waals surface area contributed by atoms with Gasteiger partial charge in [-0.15, -0.1) is 0 Å². The summed E-state index contributed by atoms with van der Waals surface area (Å²) < 4.78 is 0. The van der Waals surface area contributed by atoms with Gasteiger partial charge in [-0.25, -0.2) is 0 Å². The predicted molar refractivity (Wildman–Crippen MR) is 99.3 cm³/mol. The first-order valence-corrected chi connectivity index (χ1v) is 9.20. The molecule has 0 radical (unpaired) electrons. The van der Waals surface area contributed by atoms with Crippen molar-refractivity contribution in [2.45, 2.75) is 57.8 Å². The monoisotopic (exact) mass is 331 g/mol. The summed E-state index contributed by atoms with van der Waals surface area (Å²) in [5.74, 6) is 0.0165. The van der Waals surface area contributed by atoms with Gasteiger partial charge in [0.1, 0.15) is 6.07 Å². The van der Waals surface area contributed by atoms with Crippen molar-refractivity contribution in [1.29, 1.82) is 10.5 Å². The van der Waals surface area contributed by atoms with Gasteiger partial charge in [0.2, 0.25) is 0 Å². The van der Waals surface area contributed by atoms with Crippen molar-refractivity contribution >= 4 is 0 Å². The third kappa shape index (κ3) is 3.08. The second kappa shape index (κ2) is 7.16. The molecule has 0 unspecified atom stereocenters. The minimum absolute atomic E-state index is 0.0172.